The summed E-state index contributed by atoms with van der Waals surface area (Å²) in [6.07, 6.45) is 4.83. The highest BCUT2D eigenvalue weighted by molar-refractivity contribution is 5.97. The van der Waals surface area contributed by atoms with Crippen molar-refractivity contribution in [2.75, 3.05) is 18.0 Å². The van der Waals surface area contributed by atoms with E-state index in [0.29, 0.717) is 25.2 Å². The molecule has 0 atom stereocenters. The number of aromatic amines is 1. The number of aryl methyl sites for hydroxylation is 1. The molecule has 1 aromatic carbocycles. The van der Waals surface area contributed by atoms with Gasteiger partial charge in [-0.25, -0.2) is 0 Å². The van der Waals surface area contributed by atoms with Crippen molar-refractivity contribution in [2.45, 2.75) is 31.7 Å². The molecule has 0 aliphatic carbocycles. The lowest BCUT2D eigenvalue weighted by Crippen LogP contribution is -2.50. The SMILES string of the molecule is O=C(c1ccc[nH]1)N1CCC(N2C(=O)CCc3ccccc32)CC1. The maximum atomic E-state index is 12.5. The number of fused-ring (bicyclic) bond motifs is 1. The normalized spacial score (nSPS) is 18.6. The van der Waals surface area contributed by atoms with Crippen LogP contribution in [0, 0.1) is 0 Å². The number of piperidine rings is 1. The molecule has 124 valence electrons. The maximum Gasteiger partial charge on any atom is 0.270 e. The second-order valence-corrected chi connectivity index (χ2v) is 6.50. The van der Waals surface area contributed by atoms with Crippen LogP contribution in [0.5, 0.6) is 0 Å². The maximum absolute atomic E-state index is 12.5. The summed E-state index contributed by atoms with van der Waals surface area (Å²) < 4.78 is 0. The summed E-state index contributed by atoms with van der Waals surface area (Å²) in [7, 11) is 0. The fraction of sp³-hybridized carbons (Fsp3) is 0.368. The Bertz CT molecular complexity index is 746. The van der Waals surface area contributed by atoms with Crippen LogP contribution >= 0.6 is 0 Å². The highest BCUT2D eigenvalue weighted by Crippen LogP contribution is 2.32. The first kappa shape index (κ1) is 15.0. The third kappa shape index (κ3) is 2.60. The number of aromatic nitrogens is 1. The zero-order valence-electron chi connectivity index (χ0n) is 13.6. The van der Waals surface area contributed by atoms with Crippen LogP contribution in [0.15, 0.2) is 42.6 Å². The first-order chi connectivity index (χ1) is 11.7. The van der Waals surface area contributed by atoms with Crippen molar-refractivity contribution in [3.05, 3.63) is 53.9 Å². The number of carbonyl (C=O) groups is 2. The number of para-hydroxylation sites is 1. The lowest BCUT2D eigenvalue weighted by Gasteiger charge is -2.40. The fourth-order valence-corrected chi connectivity index (χ4v) is 3.81. The number of nitrogens with one attached hydrogen (secondary N) is 1. The van der Waals surface area contributed by atoms with E-state index in [1.165, 1.54) is 5.56 Å². The summed E-state index contributed by atoms with van der Waals surface area (Å²) in [5.41, 5.74) is 2.94. The topological polar surface area (TPSA) is 56.4 Å². The number of rotatable bonds is 2. The van der Waals surface area contributed by atoms with Crippen molar-refractivity contribution in [1.29, 1.82) is 0 Å². The Morgan fingerprint density at radius 1 is 1.04 bits per heavy atom. The van der Waals surface area contributed by atoms with Crippen LogP contribution in [0.2, 0.25) is 0 Å². The molecule has 1 aromatic heterocycles. The van der Waals surface area contributed by atoms with Gasteiger partial charge in [0, 0.05) is 37.4 Å². The van der Waals surface area contributed by atoms with Crippen molar-refractivity contribution in [3.63, 3.8) is 0 Å². The van der Waals surface area contributed by atoms with Gasteiger partial charge in [-0.15, -0.1) is 0 Å². The molecule has 2 amide bonds. The number of anilines is 1. The van der Waals surface area contributed by atoms with Crippen molar-refractivity contribution < 1.29 is 9.59 Å². The van der Waals surface area contributed by atoms with Gasteiger partial charge in [-0.3, -0.25) is 9.59 Å². The van der Waals surface area contributed by atoms with Gasteiger partial charge in [-0.05, 0) is 43.0 Å². The summed E-state index contributed by atoms with van der Waals surface area (Å²) in [6.45, 7) is 1.38. The van der Waals surface area contributed by atoms with Crippen molar-refractivity contribution in [3.8, 4) is 0 Å². The number of hydrogen-bond acceptors (Lipinski definition) is 2. The largest absolute Gasteiger partial charge is 0.357 e. The smallest absolute Gasteiger partial charge is 0.270 e. The molecule has 0 radical (unpaired) electrons. The van der Waals surface area contributed by atoms with Crippen LogP contribution in [-0.4, -0.2) is 40.8 Å². The number of hydrogen-bond donors (Lipinski definition) is 1. The third-order valence-electron chi connectivity index (χ3n) is 5.07. The van der Waals surface area contributed by atoms with Crippen molar-refractivity contribution in [1.82, 2.24) is 9.88 Å². The second-order valence-electron chi connectivity index (χ2n) is 6.50. The highest BCUT2D eigenvalue weighted by atomic mass is 16.2. The first-order valence-electron chi connectivity index (χ1n) is 8.56. The minimum atomic E-state index is 0.0452. The average Bonchev–Trinajstić information content (AvgIpc) is 3.16. The number of nitrogens with zero attached hydrogens (tertiary/aromatic N) is 2. The molecule has 0 bridgehead atoms. The molecule has 24 heavy (non-hydrogen) atoms. The molecule has 1 N–H and O–H groups in total. The Hall–Kier alpha value is -2.56. The molecule has 2 aliphatic heterocycles. The molecule has 1 fully saturated rings. The van der Waals surface area contributed by atoms with Gasteiger partial charge in [-0.2, -0.15) is 0 Å². The van der Waals surface area contributed by atoms with E-state index in [9.17, 15) is 9.59 Å². The summed E-state index contributed by atoms with van der Waals surface area (Å²) in [6, 6.07) is 12.0. The summed E-state index contributed by atoms with van der Waals surface area (Å²) in [4.78, 5) is 31.8. The molecular formula is C19H21N3O2. The molecule has 0 unspecified atom stereocenters. The van der Waals surface area contributed by atoms with E-state index in [1.54, 1.807) is 12.3 Å². The lowest BCUT2D eigenvalue weighted by atomic mass is 9.95. The number of likely N-dealkylation sites (tertiary alicyclic amines) is 1. The molecule has 4 rings (SSSR count). The molecule has 2 aromatic rings. The van der Waals surface area contributed by atoms with Crippen LogP contribution in [0.4, 0.5) is 5.69 Å². The Morgan fingerprint density at radius 3 is 2.58 bits per heavy atom. The van der Waals surface area contributed by atoms with E-state index >= 15 is 0 Å². The van der Waals surface area contributed by atoms with Gasteiger partial charge in [0.1, 0.15) is 5.69 Å². The zero-order chi connectivity index (χ0) is 16.5. The van der Waals surface area contributed by atoms with E-state index in [1.807, 2.05) is 34.1 Å². The van der Waals surface area contributed by atoms with Gasteiger partial charge in [0.15, 0.2) is 0 Å². The van der Waals surface area contributed by atoms with Gasteiger partial charge in [0.2, 0.25) is 5.91 Å². The first-order valence-corrected chi connectivity index (χ1v) is 8.56. The molecule has 2 aliphatic rings. The lowest BCUT2D eigenvalue weighted by molar-refractivity contribution is -0.119. The quantitative estimate of drug-likeness (QED) is 0.923. The summed E-state index contributed by atoms with van der Waals surface area (Å²) in [5.74, 6) is 0.256. The molecule has 0 spiro atoms. The van der Waals surface area contributed by atoms with Crippen LogP contribution in [0.25, 0.3) is 0 Å². The molecule has 5 nitrogen and oxygen atoms in total. The molecular weight excluding hydrogens is 302 g/mol. The average molecular weight is 323 g/mol. The monoisotopic (exact) mass is 323 g/mol. The Morgan fingerprint density at radius 2 is 1.83 bits per heavy atom. The standard InChI is InChI=1S/C19H21N3O2/c23-18-8-7-14-4-1-2-6-17(14)22(18)15-9-12-21(13-10-15)19(24)16-5-3-11-20-16/h1-6,11,15,20H,7-10,12-13H2. The van der Waals surface area contributed by atoms with Gasteiger partial charge in [0.05, 0.1) is 0 Å². The number of carbonyl (C=O) groups excluding carboxylic acids is 2. The van der Waals surface area contributed by atoms with Crippen LogP contribution < -0.4 is 4.90 Å². The van der Waals surface area contributed by atoms with Gasteiger partial charge in [-0.1, -0.05) is 18.2 Å². The predicted molar refractivity (Wildman–Crippen MR) is 92.0 cm³/mol. The minimum Gasteiger partial charge on any atom is -0.357 e. The summed E-state index contributed by atoms with van der Waals surface area (Å²) >= 11 is 0. The Balaban J connectivity index is 1.48. The summed E-state index contributed by atoms with van der Waals surface area (Å²) in [5, 5.41) is 0. The highest BCUT2D eigenvalue weighted by Gasteiger charge is 2.33. The van der Waals surface area contributed by atoms with Gasteiger partial charge < -0.3 is 14.8 Å². The second kappa shape index (κ2) is 6.15. The van der Waals surface area contributed by atoms with Crippen LogP contribution in [0.1, 0.15) is 35.3 Å². The molecule has 1 saturated heterocycles. The van der Waals surface area contributed by atoms with Crippen LogP contribution in [0.3, 0.4) is 0 Å². The predicted octanol–water partition coefficient (Wildman–Crippen LogP) is 2.60. The van der Waals surface area contributed by atoms with Crippen molar-refractivity contribution >= 4 is 17.5 Å². The zero-order valence-corrected chi connectivity index (χ0v) is 13.6. The van der Waals surface area contributed by atoms with E-state index < -0.39 is 0 Å². The van der Waals surface area contributed by atoms with Gasteiger partial charge >= 0.3 is 0 Å². The number of benzene rings is 1. The van der Waals surface area contributed by atoms with E-state index in [0.717, 1.165) is 24.9 Å². The Kier molecular flexibility index (Phi) is 3.84. The Labute approximate surface area is 141 Å². The van der Waals surface area contributed by atoms with Gasteiger partial charge in [0.25, 0.3) is 5.91 Å². The number of H-pyrrole nitrogens is 1. The molecule has 3 heterocycles. The van der Waals surface area contributed by atoms with E-state index in [-0.39, 0.29) is 17.9 Å². The fourth-order valence-electron chi connectivity index (χ4n) is 3.81. The minimum absolute atomic E-state index is 0.0452. The van der Waals surface area contributed by atoms with E-state index in [2.05, 4.69) is 11.1 Å². The number of amides is 2. The molecule has 0 saturated carbocycles. The van der Waals surface area contributed by atoms with E-state index in [4.69, 9.17) is 0 Å². The third-order valence-corrected chi connectivity index (χ3v) is 5.07. The molecule has 5 heteroatoms. The van der Waals surface area contributed by atoms with Crippen molar-refractivity contribution in [2.24, 2.45) is 0 Å². The van der Waals surface area contributed by atoms with Crippen LogP contribution in [-0.2, 0) is 11.2 Å².